The van der Waals surface area contributed by atoms with Crippen LogP contribution in [0.1, 0.15) is 35.8 Å². The smallest absolute Gasteiger partial charge is 0.409 e. The lowest BCUT2D eigenvalue weighted by Crippen LogP contribution is -2.47. The Labute approximate surface area is 206 Å². The Balaban J connectivity index is 1.63. The highest BCUT2D eigenvalue weighted by molar-refractivity contribution is 7.80. The first-order valence-electron chi connectivity index (χ1n) is 11.5. The SMILES string of the molecule is CCOC(=O)N1CCC(N(c2ccc(NC(=O)c3cccnc3C)c3ccccc23)S(=O)O)CC1. The Hall–Kier alpha value is -3.50. The van der Waals surface area contributed by atoms with Gasteiger partial charge in [0.05, 0.1) is 17.9 Å². The van der Waals surface area contributed by atoms with Gasteiger partial charge in [-0.1, -0.05) is 24.3 Å². The van der Waals surface area contributed by atoms with Crippen LogP contribution in [0, 0.1) is 6.92 Å². The lowest BCUT2D eigenvalue weighted by Gasteiger charge is -2.37. The molecule has 1 saturated heterocycles. The van der Waals surface area contributed by atoms with Crippen molar-refractivity contribution in [1.82, 2.24) is 9.88 Å². The van der Waals surface area contributed by atoms with E-state index in [2.05, 4.69) is 10.3 Å². The summed E-state index contributed by atoms with van der Waals surface area (Å²) in [6, 6.07) is 14.1. The Bertz CT molecular complexity index is 1260. The van der Waals surface area contributed by atoms with Crippen LogP contribution in [-0.4, -0.2) is 56.4 Å². The van der Waals surface area contributed by atoms with E-state index in [0.29, 0.717) is 55.2 Å². The number of benzene rings is 2. The van der Waals surface area contributed by atoms with Crippen LogP contribution in [0.3, 0.4) is 0 Å². The number of aryl methyl sites for hydroxylation is 1. The number of pyridine rings is 1. The van der Waals surface area contributed by atoms with Gasteiger partial charge in [-0.3, -0.25) is 18.6 Å². The number of likely N-dealkylation sites (tertiary alicyclic amines) is 1. The van der Waals surface area contributed by atoms with E-state index in [0.717, 1.165) is 10.8 Å². The van der Waals surface area contributed by atoms with Gasteiger partial charge in [-0.05, 0) is 51.0 Å². The fourth-order valence-electron chi connectivity index (χ4n) is 4.40. The number of fused-ring (bicyclic) bond motifs is 1. The van der Waals surface area contributed by atoms with Crippen LogP contribution in [0.5, 0.6) is 0 Å². The number of nitrogens with one attached hydrogen (secondary N) is 1. The van der Waals surface area contributed by atoms with Crippen molar-refractivity contribution in [3.63, 3.8) is 0 Å². The minimum atomic E-state index is -2.28. The molecule has 2 amide bonds. The van der Waals surface area contributed by atoms with Gasteiger partial charge in [0, 0.05) is 47.5 Å². The summed E-state index contributed by atoms with van der Waals surface area (Å²) in [6.45, 7) is 4.72. The first-order valence-corrected chi connectivity index (χ1v) is 12.5. The molecule has 1 fully saturated rings. The predicted octanol–water partition coefficient (Wildman–Crippen LogP) is 4.36. The number of ether oxygens (including phenoxy) is 1. The van der Waals surface area contributed by atoms with Crippen LogP contribution in [0.15, 0.2) is 54.7 Å². The fraction of sp³-hybridized carbons (Fsp3) is 0.320. The number of carbonyl (C=O) groups is 2. The molecule has 3 aromatic rings. The van der Waals surface area contributed by atoms with E-state index < -0.39 is 11.3 Å². The summed E-state index contributed by atoms with van der Waals surface area (Å²) < 4.78 is 29.3. The lowest BCUT2D eigenvalue weighted by molar-refractivity contribution is 0.0975. The molecule has 0 aliphatic carbocycles. The highest BCUT2D eigenvalue weighted by Gasteiger charge is 2.31. The van der Waals surface area contributed by atoms with Crippen molar-refractivity contribution in [3.05, 3.63) is 66.0 Å². The van der Waals surface area contributed by atoms with E-state index in [9.17, 15) is 18.4 Å². The molecule has 184 valence electrons. The van der Waals surface area contributed by atoms with Crippen LogP contribution in [0.4, 0.5) is 16.2 Å². The molecule has 10 heteroatoms. The van der Waals surface area contributed by atoms with Crippen LogP contribution in [0.2, 0.25) is 0 Å². The summed E-state index contributed by atoms with van der Waals surface area (Å²) in [5, 5.41) is 4.44. The number of anilines is 2. The average Bonchev–Trinajstić information content (AvgIpc) is 2.86. The minimum absolute atomic E-state index is 0.242. The van der Waals surface area contributed by atoms with E-state index >= 15 is 0 Å². The van der Waals surface area contributed by atoms with Crippen molar-refractivity contribution in [2.75, 3.05) is 29.3 Å². The van der Waals surface area contributed by atoms with Gasteiger partial charge in [-0.2, -0.15) is 0 Å². The predicted molar refractivity (Wildman–Crippen MR) is 136 cm³/mol. The highest BCUT2D eigenvalue weighted by Crippen LogP contribution is 2.36. The van der Waals surface area contributed by atoms with Gasteiger partial charge < -0.3 is 15.0 Å². The molecule has 2 aromatic carbocycles. The minimum Gasteiger partial charge on any atom is -0.450 e. The molecule has 2 heterocycles. The molecule has 1 aromatic heterocycles. The fourth-order valence-corrected chi connectivity index (χ4v) is 5.20. The third-order valence-corrected chi connectivity index (χ3v) is 6.96. The van der Waals surface area contributed by atoms with Crippen LogP contribution < -0.4 is 9.62 Å². The van der Waals surface area contributed by atoms with Gasteiger partial charge in [0.1, 0.15) is 0 Å². The second-order valence-electron chi connectivity index (χ2n) is 8.24. The molecule has 0 bridgehead atoms. The normalized spacial score (nSPS) is 15.0. The number of aromatic nitrogens is 1. The molecule has 4 rings (SSSR count). The van der Waals surface area contributed by atoms with Gasteiger partial charge in [0.2, 0.25) is 0 Å². The average molecular weight is 497 g/mol. The first kappa shape index (κ1) is 24.6. The molecule has 35 heavy (non-hydrogen) atoms. The third-order valence-electron chi connectivity index (χ3n) is 6.13. The number of nitrogens with zero attached hydrogens (tertiary/aromatic N) is 3. The van der Waals surface area contributed by atoms with E-state index in [1.54, 1.807) is 49.2 Å². The second-order valence-corrected chi connectivity index (χ2v) is 9.10. The zero-order valence-electron chi connectivity index (χ0n) is 19.6. The zero-order valence-corrected chi connectivity index (χ0v) is 20.5. The van der Waals surface area contributed by atoms with E-state index in [1.165, 1.54) is 4.31 Å². The molecular weight excluding hydrogens is 468 g/mol. The quantitative estimate of drug-likeness (QED) is 0.491. The molecule has 1 unspecified atom stereocenters. The van der Waals surface area contributed by atoms with Gasteiger partial charge in [0.25, 0.3) is 17.2 Å². The van der Waals surface area contributed by atoms with Crippen LogP contribution in [0.25, 0.3) is 10.8 Å². The topological polar surface area (TPSA) is 112 Å². The van der Waals surface area contributed by atoms with Crippen molar-refractivity contribution in [3.8, 4) is 0 Å². The van der Waals surface area contributed by atoms with Crippen molar-refractivity contribution < 1.29 is 23.1 Å². The number of carbonyl (C=O) groups excluding carboxylic acids is 2. The summed E-state index contributed by atoms with van der Waals surface area (Å²) in [4.78, 5) is 30.7. The summed E-state index contributed by atoms with van der Waals surface area (Å²) in [5.74, 6) is -0.276. The van der Waals surface area contributed by atoms with Crippen LogP contribution >= 0.6 is 0 Å². The monoisotopic (exact) mass is 496 g/mol. The van der Waals surface area contributed by atoms with Gasteiger partial charge >= 0.3 is 6.09 Å². The maximum atomic E-state index is 12.9. The first-order chi connectivity index (χ1) is 16.9. The Kier molecular flexibility index (Phi) is 7.62. The molecule has 9 nitrogen and oxygen atoms in total. The number of amides is 2. The molecule has 2 N–H and O–H groups in total. The number of rotatable bonds is 6. The van der Waals surface area contributed by atoms with Gasteiger partial charge in [0.15, 0.2) is 0 Å². The number of piperidine rings is 1. The van der Waals surface area contributed by atoms with Crippen LogP contribution in [-0.2, 0) is 16.0 Å². The third kappa shape index (κ3) is 5.28. The highest BCUT2D eigenvalue weighted by atomic mass is 32.2. The molecule has 0 saturated carbocycles. The van der Waals surface area contributed by atoms with Crippen molar-refractivity contribution in [2.45, 2.75) is 32.7 Å². The summed E-state index contributed by atoms with van der Waals surface area (Å²) in [5.41, 5.74) is 2.29. The summed E-state index contributed by atoms with van der Waals surface area (Å²) in [7, 11) is 0. The molecular formula is C25H28N4O5S. The Morgan fingerprint density at radius 3 is 2.51 bits per heavy atom. The standard InChI is InChI=1S/C25H28N4O5S/c1-3-34-25(31)28-15-12-18(13-16-28)29(35(32)33)23-11-10-22(20-7-4-5-8-21(20)23)27-24(30)19-9-6-14-26-17(19)2/h4-11,14,18H,3,12-13,15-16H2,1-2H3,(H,27,30)(H,32,33). The van der Waals surface area contributed by atoms with E-state index in [4.69, 9.17) is 4.74 Å². The maximum Gasteiger partial charge on any atom is 0.409 e. The largest absolute Gasteiger partial charge is 0.450 e. The maximum absolute atomic E-state index is 12.9. The van der Waals surface area contributed by atoms with Crippen molar-refractivity contribution >= 4 is 45.4 Å². The molecule has 0 radical (unpaired) electrons. The molecule has 1 atom stereocenters. The zero-order chi connectivity index (χ0) is 24.9. The second kappa shape index (κ2) is 10.8. The Morgan fingerprint density at radius 1 is 1.14 bits per heavy atom. The van der Waals surface area contributed by atoms with Gasteiger partial charge in [-0.15, -0.1) is 0 Å². The van der Waals surface area contributed by atoms with E-state index in [-0.39, 0.29) is 18.0 Å². The summed E-state index contributed by atoms with van der Waals surface area (Å²) >= 11 is -2.28. The van der Waals surface area contributed by atoms with E-state index in [1.807, 2.05) is 24.3 Å². The molecule has 1 aliphatic heterocycles. The van der Waals surface area contributed by atoms with Gasteiger partial charge in [-0.25, -0.2) is 9.00 Å². The number of hydrogen-bond acceptors (Lipinski definition) is 5. The summed E-state index contributed by atoms with van der Waals surface area (Å²) in [6.07, 6.45) is 2.32. The molecule has 0 spiro atoms. The van der Waals surface area contributed by atoms with Crippen molar-refractivity contribution in [2.24, 2.45) is 0 Å². The lowest BCUT2D eigenvalue weighted by atomic mass is 10.0. The van der Waals surface area contributed by atoms with Crippen molar-refractivity contribution in [1.29, 1.82) is 0 Å². The number of hydrogen-bond donors (Lipinski definition) is 2. The Morgan fingerprint density at radius 2 is 1.86 bits per heavy atom. The molecule has 1 aliphatic rings.